The number of benzene rings is 1. The van der Waals surface area contributed by atoms with Gasteiger partial charge in [-0.1, -0.05) is 42.5 Å². The monoisotopic (exact) mass is 278 g/mol. The van der Waals surface area contributed by atoms with Gasteiger partial charge in [0.15, 0.2) is 11.2 Å². The number of rotatable bonds is 6. The molecule has 102 valence electrons. The van der Waals surface area contributed by atoms with Crippen molar-refractivity contribution in [1.82, 2.24) is 0 Å². The normalized spacial score (nSPS) is 13.4. The standard InChI is InChI=1S/C15H18O3S/c1-11(16)15(2,14(17)18-3)13(19)10-9-12-7-5-4-6-8-12/h4-8H,9-10H2,1-3H3. The quantitative estimate of drug-likeness (QED) is 0.456. The molecule has 1 aromatic carbocycles. The number of carbonyl (C=O) groups is 2. The molecule has 19 heavy (non-hydrogen) atoms. The van der Waals surface area contributed by atoms with E-state index in [1.807, 2.05) is 30.3 Å². The van der Waals surface area contributed by atoms with Crippen LogP contribution in [0.1, 0.15) is 25.8 Å². The van der Waals surface area contributed by atoms with Crippen LogP contribution in [-0.2, 0) is 20.7 Å². The Labute approximate surface area is 119 Å². The molecule has 4 heteroatoms. The molecule has 1 atom stereocenters. The van der Waals surface area contributed by atoms with Crippen LogP contribution < -0.4 is 0 Å². The molecule has 0 saturated heterocycles. The number of Topliss-reactive ketones (excluding diaryl/α,β-unsaturated/α-hetero) is 1. The van der Waals surface area contributed by atoms with Gasteiger partial charge in [-0.05, 0) is 32.3 Å². The topological polar surface area (TPSA) is 43.4 Å². The van der Waals surface area contributed by atoms with Crippen molar-refractivity contribution in [2.24, 2.45) is 5.41 Å². The number of methoxy groups -OCH3 is 1. The Balaban J connectivity index is 2.80. The molecule has 0 spiro atoms. The molecule has 0 fully saturated rings. The molecule has 1 aromatic rings. The molecule has 0 N–H and O–H groups in total. The van der Waals surface area contributed by atoms with E-state index < -0.39 is 11.4 Å². The molecule has 1 unspecified atom stereocenters. The Hall–Kier alpha value is -1.55. The van der Waals surface area contributed by atoms with Crippen LogP contribution in [0.3, 0.4) is 0 Å². The van der Waals surface area contributed by atoms with Crippen molar-refractivity contribution < 1.29 is 14.3 Å². The lowest BCUT2D eigenvalue weighted by Crippen LogP contribution is -2.42. The van der Waals surface area contributed by atoms with Gasteiger partial charge in [-0.15, -0.1) is 0 Å². The minimum atomic E-state index is -1.32. The van der Waals surface area contributed by atoms with Gasteiger partial charge in [0.25, 0.3) is 0 Å². The lowest BCUT2D eigenvalue weighted by Gasteiger charge is -2.24. The maximum absolute atomic E-state index is 11.8. The van der Waals surface area contributed by atoms with E-state index in [4.69, 9.17) is 17.0 Å². The largest absolute Gasteiger partial charge is 0.468 e. The fourth-order valence-corrected chi connectivity index (χ4v) is 2.14. The summed E-state index contributed by atoms with van der Waals surface area (Å²) in [5.41, 5.74) is -0.195. The van der Waals surface area contributed by atoms with E-state index in [0.29, 0.717) is 17.7 Å². The predicted octanol–water partition coefficient (Wildman–Crippen LogP) is 2.76. The van der Waals surface area contributed by atoms with E-state index in [1.54, 1.807) is 0 Å². The van der Waals surface area contributed by atoms with Crippen molar-refractivity contribution in [1.29, 1.82) is 0 Å². The maximum Gasteiger partial charge on any atom is 0.324 e. The number of ether oxygens (including phenoxy) is 1. The average molecular weight is 278 g/mol. The SMILES string of the molecule is COC(=O)C(C)(C(C)=O)C(=S)CCc1ccccc1. The second kappa shape index (κ2) is 6.57. The van der Waals surface area contributed by atoms with Crippen LogP contribution in [0.25, 0.3) is 0 Å². The summed E-state index contributed by atoms with van der Waals surface area (Å²) in [6.45, 7) is 2.90. The van der Waals surface area contributed by atoms with Crippen LogP contribution in [0, 0.1) is 5.41 Å². The second-order valence-electron chi connectivity index (χ2n) is 4.58. The Morgan fingerprint density at radius 1 is 1.26 bits per heavy atom. The summed E-state index contributed by atoms with van der Waals surface area (Å²) >= 11 is 5.29. The fraction of sp³-hybridized carbons (Fsp3) is 0.400. The fourth-order valence-electron chi connectivity index (χ4n) is 1.81. The zero-order chi connectivity index (χ0) is 14.5. The second-order valence-corrected chi connectivity index (χ2v) is 5.07. The van der Waals surface area contributed by atoms with Crippen LogP contribution in [0.4, 0.5) is 0 Å². The summed E-state index contributed by atoms with van der Waals surface area (Å²) in [7, 11) is 1.27. The molecule has 0 heterocycles. The maximum atomic E-state index is 11.8. The first-order valence-corrected chi connectivity index (χ1v) is 6.50. The highest BCUT2D eigenvalue weighted by Gasteiger charge is 2.43. The summed E-state index contributed by atoms with van der Waals surface area (Å²) in [5.74, 6) is -0.865. The summed E-state index contributed by atoms with van der Waals surface area (Å²) in [5, 5.41) is 0. The predicted molar refractivity (Wildman–Crippen MR) is 78.2 cm³/mol. The van der Waals surface area contributed by atoms with Crippen LogP contribution in [0.5, 0.6) is 0 Å². The highest BCUT2D eigenvalue weighted by atomic mass is 32.1. The van der Waals surface area contributed by atoms with Crippen molar-refractivity contribution in [3.05, 3.63) is 35.9 Å². The van der Waals surface area contributed by atoms with Gasteiger partial charge in [-0.2, -0.15) is 0 Å². The molecule has 0 aliphatic heterocycles. The van der Waals surface area contributed by atoms with Crippen molar-refractivity contribution in [3.8, 4) is 0 Å². The molecule has 0 aliphatic carbocycles. The minimum Gasteiger partial charge on any atom is -0.468 e. The third kappa shape index (κ3) is 3.47. The summed E-state index contributed by atoms with van der Waals surface area (Å²) in [6, 6.07) is 9.82. The number of carbonyl (C=O) groups excluding carboxylic acids is 2. The third-order valence-electron chi connectivity index (χ3n) is 3.34. The lowest BCUT2D eigenvalue weighted by molar-refractivity contribution is -0.151. The van der Waals surface area contributed by atoms with Crippen molar-refractivity contribution in [3.63, 3.8) is 0 Å². The third-order valence-corrected chi connectivity index (χ3v) is 3.95. The van der Waals surface area contributed by atoms with Gasteiger partial charge in [-0.25, -0.2) is 0 Å². The van der Waals surface area contributed by atoms with Crippen molar-refractivity contribution in [2.45, 2.75) is 26.7 Å². The van der Waals surface area contributed by atoms with Crippen LogP contribution in [0.2, 0.25) is 0 Å². The number of aryl methyl sites for hydroxylation is 1. The number of hydrogen-bond acceptors (Lipinski definition) is 4. The molecule has 3 nitrogen and oxygen atoms in total. The van der Waals surface area contributed by atoms with Crippen LogP contribution in [-0.4, -0.2) is 23.7 Å². The Kier molecular flexibility index (Phi) is 5.36. The molecular weight excluding hydrogens is 260 g/mol. The van der Waals surface area contributed by atoms with Gasteiger partial charge in [0.1, 0.15) is 0 Å². The first-order valence-electron chi connectivity index (χ1n) is 6.09. The van der Waals surface area contributed by atoms with Gasteiger partial charge in [0.2, 0.25) is 0 Å². The van der Waals surface area contributed by atoms with Crippen molar-refractivity contribution >= 4 is 28.8 Å². The highest BCUT2D eigenvalue weighted by Crippen LogP contribution is 2.25. The smallest absolute Gasteiger partial charge is 0.324 e. The van der Waals surface area contributed by atoms with Gasteiger partial charge in [0, 0.05) is 4.86 Å². The highest BCUT2D eigenvalue weighted by molar-refractivity contribution is 7.80. The zero-order valence-corrected chi connectivity index (χ0v) is 12.3. The van der Waals surface area contributed by atoms with E-state index in [2.05, 4.69) is 0 Å². The van der Waals surface area contributed by atoms with Gasteiger partial charge in [-0.3, -0.25) is 9.59 Å². The number of ketones is 1. The first-order chi connectivity index (χ1) is 8.92. The van der Waals surface area contributed by atoms with E-state index in [1.165, 1.54) is 21.0 Å². The van der Waals surface area contributed by atoms with E-state index in [0.717, 1.165) is 5.56 Å². The zero-order valence-electron chi connectivity index (χ0n) is 11.4. The lowest BCUT2D eigenvalue weighted by atomic mass is 9.80. The summed E-state index contributed by atoms with van der Waals surface area (Å²) in [4.78, 5) is 24.0. The van der Waals surface area contributed by atoms with E-state index in [-0.39, 0.29) is 5.78 Å². The molecule has 0 saturated carbocycles. The molecule has 0 amide bonds. The number of esters is 1. The first kappa shape index (κ1) is 15.5. The van der Waals surface area contributed by atoms with Crippen LogP contribution in [0.15, 0.2) is 30.3 Å². The average Bonchev–Trinajstić information content (AvgIpc) is 2.43. The van der Waals surface area contributed by atoms with Crippen LogP contribution >= 0.6 is 12.2 Å². The van der Waals surface area contributed by atoms with Gasteiger partial charge in [0.05, 0.1) is 7.11 Å². The van der Waals surface area contributed by atoms with Gasteiger partial charge >= 0.3 is 5.97 Å². The summed E-state index contributed by atoms with van der Waals surface area (Å²) in [6.07, 6.45) is 1.21. The molecule has 0 radical (unpaired) electrons. The molecule has 0 aliphatic rings. The molecule has 0 bridgehead atoms. The Bertz CT molecular complexity index is 481. The molecule has 0 aromatic heterocycles. The van der Waals surface area contributed by atoms with E-state index in [9.17, 15) is 9.59 Å². The molecular formula is C15H18O3S. The number of thiocarbonyl (C=S) groups is 1. The molecule has 1 rings (SSSR count). The minimum absolute atomic E-state index is 0.280. The Morgan fingerprint density at radius 3 is 2.32 bits per heavy atom. The summed E-state index contributed by atoms with van der Waals surface area (Å²) < 4.78 is 4.70. The Morgan fingerprint density at radius 2 is 1.84 bits per heavy atom. The number of hydrogen-bond donors (Lipinski definition) is 0. The van der Waals surface area contributed by atoms with Gasteiger partial charge < -0.3 is 4.74 Å². The van der Waals surface area contributed by atoms with E-state index >= 15 is 0 Å². The van der Waals surface area contributed by atoms with Crippen molar-refractivity contribution in [2.75, 3.05) is 7.11 Å².